The van der Waals surface area contributed by atoms with E-state index in [0.717, 1.165) is 0 Å². The molecule has 1 N–H and O–H groups in total. The van der Waals surface area contributed by atoms with Gasteiger partial charge in [-0.25, -0.2) is 9.59 Å². The molecule has 170 valence electrons. The second-order valence-corrected chi connectivity index (χ2v) is 6.66. The number of hydrogen-bond acceptors (Lipinski definition) is 5. The molecule has 0 aromatic carbocycles. The molecule has 0 fully saturated rings. The van der Waals surface area contributed by atoms with Crippen molar-refractivity contribution in [1.82, 2.24) is 10.2 Å². The third-order valence-corrected chi connectivity index (χ3v) is 4.13. The van der Waals surface area contributed by atoms with Crippen LogP contribution in [0.1, 0.15) is 36.7 Å². The Morgan fingerprint density at radius 2 is 2.03 bits per heavy atom. The summed E-state index contributed by atoms with van der Waals surface area (Å²) in [6.07, 6.45) is 1.11. The third-order valence-electron chi connectivity index (χ3n) is 4.13. The van der Waals surface area contributed by atoms with Gasteiger partial charge in [0.1, 0.15) is 12.4 Å². The highest BCUT2D eigenvalue weighted by atomic mass is 19.4. The Kier molecular flexibility index (Phi) is 9.78. The van der Waals surface area contributed by atoms with Crippen LogP contribution in [0.15, 0.2) is 40.6 Å². The number of nitrogens with zero attached hydrogens (tertiary/aromatic N) is 1. The Hall–Kier alpha value is -3.30. The minimum Gasteiger partial charge on any atom is -0.445 e. The lowest BCUT2D eigenvalue weighted by Crippen LogP contribution is -2.42. The molecule has 0 saturated carbocycles. The Bertz CT molecular complexity index is 890. The molecule has 0 bridgehead atoms. The molecule has 0 aliphatic carbocycles. The minimum atomic E-state index is -4.94. The van der Waals surface area contributed by atoms with E-state index in [9.17, 15) is 27.6 Å². The fourth-order valence-electron chi connectivity index (χ4n) is 2.55. The van der Waals surface area contributed by atoms with E-state index in [0.29, 0.717) is 17.5 Å². The van der Waals surface area contributed by atoms with Gasteiger partial charge in [0.2, 0.25) is 0 Å². The van der Waals surface area contributed by atoms with Gasteiger partial charge in [0.25, 0.3) is 0 Å². The molecule has 0 radical (unpaired) electrons. The molecule has 7 nitrogen and oxygen atoms in total. The first kappa shape index (κ1) is 25.7. The number of halogens is 3. The standard InChI is InChI=1S/C21H25F3N2O5/c1-5-7-10-16-15(12-18(27)31-17(16)6-2)13-30-20(29)26(4)11-8-9-14(3)25-19(28)21(22,23)24/h5-7,10,12,14H,1-2,8-9,11,13H2,3-4H3,(H,25,28)/b10-7-. The van der Waals surface area contributed by atoms with E-state index in [2.05, 4.69) is 13.2 Å². The van der Waals surface area contributed by atoms with Gasteiger partial charge in [-0.2, -0.15) is 13.2 Å². The number of nitrogens with one attached hydrogen (secondary N) is 1. The van der Waals surface area contributed by atoms with Gasteiger partial charge in [0.05, 0.1) is 0 Å². The number of alkyl halides is 3. The van der Waals surface area contributed by atoms with E-state index < -0.39 is 29.8 Å². The van der Waals surface area contributed by atoms with Gasteiger partial charge in [-0.15, -0.1) is 0 Å². The minimum absolute atomic E-state index is 0.198. The lowest BCUT2D eigenvalue weighted by atomic mass is 10.1. The summed E-state index contributed by atoms with van der Waals surface area (Å²) in [5.74, 6) is -1.78. The van der Waals surface area contributed by atoms with E-state index in [1.165, 1.54) is 37.1 Å². The third kappa shape index (κ3) is 8.53. The number of rotatable bonds is 10. The van der Waals surface area contributed by atoms with Crippen LogP contribution >= 0.6 is 0 Å². The van der Waals surface area contributed by atoms with Crippen molar-refractivity contribution in [2.75, 3.05) is 13.6 Å². The monoisotopic (exact) mass is 442 g/mol. The zero-order valence-corrected chi connectivity index (χ0v) is 17.3. The molecule has 0 aliphatic rings. The maximum atomic E-state index is 12.2. The van der Waals surface area contributed by atoms with E-state index in [-0.39, 0.29) is 25.3 Å². The second-order valence-electron chi connectivity index (χ2n) is 6.66. The maximum Gasteiger partial charge on any atom is 0.471 e. The lowest BCUT2D eigenvalue weighted by Gasteiger charge is -2.19. The van der Waals surface area contributed by atoms with Gasteiger partial charge >= 0.3 is 23.8 Å². The van der Waals surface area contributed by atoms with E-state index in [1.54, 1.807) is 12.2 Å². The van der Waals surface area contributed by atoms with E-state index in [1.807, 2.05) is 5.32 Å². The smallest absolute Gasteiger partial charge is 0.445 e. The topological polar surface area (TPSA) is 88.9 Å². The van der Waals surface area contributed by atoms with Crippen LogP contribution < -0.4 is 10.9 Å². The number of amides is 2. The van der Waals surface area contributed by atoms with Crippen LogP contribution in [-0.2, 0) is 16.1 Å². The molecule has 1 heterocycles. The Morgan fingerprint density at radius 1 is 1.35 bits per heavy atom. The summed E-state index contributed by atoms with van der Waals surface area (Å²) in [5, 5.41) is 1.85. The number of carbonyl (C=O) groups excluding carboxylic acids is 2. The van der Waals surface area contributed by atoms with Crippen molar-refractivity contribution >= 4 is 24.2 Å². The normalized spacial score (nSPS) is 12.3. The fraction of sp³-hybridized carbons (Fsp3) is 0.381. The SMILES string of the molecule is C=C/C=C\c1c(COC(=O)N(C)CCCC(C)NC(=O)C(F)(F)F)cc(=O)oc1C=C. The number of carbonyl (C=O) groups is 2. The highest BCUT2D eigenvalue weighted by Crippen LogP contribution is 2.18. The van der Waals surface area contributed by atoms with Crippen LogP contribution in [0.25, 0.3) is 12.2 Å². The molecular formula is C21H25F3N2O5. The Labute approximate surface area is 177 Å². The first-order chi connectivity index (χ1) is 14.5. The van der Waals surface area contributed by atoms with Crippen LogP contribution in [0.2, 0.25) is 0 Å². The van der Waals surface area contributed by atoms with Crippen molar-refractivity contribution < 1.29 is 31.9 Å². The highest BCUT2D eigenvalue weighted by Gasteiger charge is 2.39. The number of hydrogen-bond donors (Lipinski definition) is 1. The lowest BCUT2D eigenvalue weighted by molar-refractivity contribution is -0.174. The van der Waals surface area contributed by atoms with Crippen molar-refractivity contribution in [2.24, 2.45) is 0 Å². The van der Waals surface area contributed by atoms with E-state index in [4.69, 9.17) is 9.15 Å². The summed E-state index contributed by atoms with van der Waals surface area (Å²) in [7, 11) is 1.47. The molecule has 0 saturated heterocycles. The highest BCUT2D eigenvalue weighted by molar-refractivity contribution is 5.81. The number of ether oxygens (including phenoxy) is 1. The maximum absolute atomic E-state index is 12.2. The summed E-state index contributed by atoms with van der Waals surface area (Å²) in [6.45, 7) is 8.59. The van der Waals surface area contributed by atoms with Crippen molar-refractivity contribution in [2.45, 2.75) is 38.6 Å². The van der Waals surface area contributed by atoms with Gasteiger partial charge < -0.3 is 19.4 Å². The van der Waals surface area contributed by atoms with Crippen LogP contribution in [0.3, 0.4) is 0 Å². The van der Waals surface area contributed by atoms with Crippen molar-refractivity contribution in [3.63, 3.8) is 0 Å². The van der Waals surface area contributed by atoms with Gasteiger partial charge in [-0.3, -0.25) is 4.79 Å². The van der Waals surface area contributed by atoms with Crippen LogP contribution in [0.5, 0.6) is 0 Å². The second kappa shape index (κ2) is 11.8. The Morgan fingerprint density at radius 3 is 2.61 bits per heavy atom. The molecular weight excluding hydrogens is 417 g/mol. The van der Waals surface area contributed by atoms with Crippen LogP contribution in [-0.4, -0.2) is 42.7 Å². The van der Waals surface area contributed by atoms with Crippen molar-refractivity contribution in [3.8, 4) is 0 Å². The average molecular weight is 442 g/mol. The average Bonchev–Trinajstić information content (AvgIpc) is 2.69. The summed E-state index contributed by atoms with van der Waals surface area (Å²) < 4.78 is 47.0. The number of allylic oxidation sites excluding steroid dienone is 2. The molecule has 1 rings (SSSR count). The largest absolute Gasteiger partial charge is 0.471 e. The predicted octanol–water partition coefficient (Wildman–Crippen LogP) is 3.90. The van der Waals surface area contributed by atoms with Gasteiger partial charge in [0, 0.05) is 36.8 Å². The van der Waals surface area contributed by atoms with Crippen LogP contribution in [0.4, 0.5) is 18.0 Å². The summed E-state index contributed by atoms with van der Waals surface area (Å²) in [6, 6.07) is 0.493. The van der Waals surface area contributed by atoms with E-state index >= 15 is 0 Å². The molecule has 1 aromatic heterocycles. The van der Waals surface area contributed by atoms with Crippen molar-refractivity contribution in [3.05, 3.63) is 58.7 Å². The molecule has 0 spiro atoms. The van der Waals surface area contributed by atoms with Gasteiger partial charge in [-0.1, -0.05) is 31.4 Å². The molecule has 1 aromatic rings. The quantitative estimate of drug-likeness (QED) is 0.556. The summed E-state index contributed by atoms with van der Waals surface area (Å²) >= 11 is 0. The fourth-order valence-corrected chi connectivity index (χ4v) is 2.55. The Balaban J connectivity index is 2.63. The van der Waals surface area contributed by atoms with Gasteiger partial charge in [0.15, 0.2) is 0 Å². The molecule has 2 amide bonds. The molecule has 1 atom stereocenters. The molecule has 31 heavy (non-hydrogen) atoms. The zero-order valence-electron chi connectivity index (χ0n) is 17.3. The predicted molar refractivity (Wildman–Crippen MR) is 110 cm³/mol. The molecule has 10 heteroatoms. The molecule has 0 aliphatic heterocycles. The molecule has 1 unspecified atom stereocenters. The van der Waals surface area contributed by atoms with Crippen molar-refractivity contribution in [1.29, 1.82) is 0 Å². The van der Waals surface area contributed by atoms with Gasteiger partial charge in [-0.05, 0) is 25.8 Å². The first-order valence-electron chi connectivity index (χ1n) is 9.33. The zero-order chi connectivity index (χ0) is 23.6. The summed E-state index contributed by atoms with van der Waals surface area (Å²) in [5.41, 5.74) is 0.300. The van der Waals surface area contributed by atoms with Crippen LogP contribution in [0, 0.1) is 0 Å². The first-order valence-corrected chi connectivity index (χ1v) is 9.33. The summed E-state index contributed by atoms with van der Waals surface area (Å²) in [4.78, 5) is 36.0.